The third-order valence-corrected chi connectivity index (χ3v) is 9.69. The van der Waals surface area contributed by atoms with Gasteiger partial charge in [-0.3, -0.25) is 14.4 Å². The molecule has 8 atom stereocenters. The fourth-order valence-corrected chi connectivity index (χ4v) is 7.88. The van der Waals surface area contributed by atoms with Crippen molar-refractivity contribution in [1.29, 1.82) is 0 Å². The summed E-state index contributed by atoms with van der Waals surface area (Å²) in [6.45, 7) is 10.4. The molecule has 194 valence electrons. The first kappa shape index (κ1) is 26.2. The number of rotatable bonds is 4. The van der Waals surface area contributed by atoms with E-state index in [2.05, 4.69) is 0 Å². The number of fused-ring (bicyclic) bond motifs is 5. The summed E-state index contributed by atoms with van der Waals surface area (Å²) in [7, 11) is 0. The molecule has 4 rings (SSSR count). The van der Waals surface area contributed by atoms with Crippen molar-refractivity contribution in [3.8, 4) is 0 Å². The average molecular weight is 491 g/mol. The van der Waals surface area contributed by atoms with Crippen LogP contribution in [-0.2, 0) is 19.1 Å². The van der Waals surface area contributed by atoms with Crippen molar-refractivity contribution in [1.82, 2.24) is 0 Å². The van der Waals surface area contributed by atoms with E-state index in [1.54, 1.807) is 26.8 Å². The molecule has 3 saturated carbocycles. The lowest BCUT2D eigenvalue weighted by molar-refractivity contribution is -0.220. The van der Waals surface area contributed by atoms with Gasteiger partial charge in [-0.15, -0.1) is 0 Å². The van der Waals surface area contributed by atoms with Gasteiger partial charge in [-0.1, -0.05) is 46.3 Å². The Hall–Kier alpha value is -1.86. The number of aliphatic hydroxyl groups excluding tert-OH is 1. The Balaban J connectivity index is 1.64. The van der Waals surface area contributed by atoms with Crippen LogP contribution in [0.25, 0.3) is 0 Å². The van der Waals surface area contributed by atoms with Crippen LogP contribution in [-0.4, -0.2) is 51.7 Å². The Kier molecular flexibility index (Phi) is 6.04. The molecule has 0 bridgehead atoms. The molecule has 0 aromatic carbocycles. The van der Waals surface area contributed by atoms with Gasteiger partial charge in [0.2, 0.25) is 5.78 Å². The Morgan fingerprint density at radius 2 is 1.89 bits per heavy atom. The van der Waals surface area contributed by atoms with E-state index < -0.39 is 58.4 Å². The Bertz CT molecular complexity index is 1010. The quantitative estimate of drug-likeness (QED) is 0.580. The number of esters is 1. The predicted octanol–water partition coefficient (Wildman–Crippen LogP) is 3.88. The molecule has 0 radical (unpaired) electrons. The van der Waals surface area contributed by atoms with Gasteiger partial charge in [-0.25, -0.2) is 4.39 Å². The van der Waals surface area contributed by atoms with Crippen LogP contribution in [0.2, 0.25) is 0 Å². The highest BCUT2D eigenvalue weighted by molar-refractivity contribution is 6.01. The Morgan fingerprint density at radius 1 is 1.23 bits per heavy atom. The molecule has 0 saturated heterocycles. The second-order valence-corrected chi connectivity index (χ2v) is 13.0. The van der Waals surface area contributed by atoms with E-state index >= 15 is 4.39 Å². The molecule has 7 heteroatoms. The molecule has 0 aromatic heterocycles. The van der Waals surface area contributed by atoms with Gasteiger partial charge in [0.1, 0.15) is 5.60 Å². The first-order valence-corrected chi connectivity index (χ1v) is 12.7. The van der Waals surface area contributed by atoms with E-state index in [0.29, 0.717) is 24.8 Å². The van der Waals surface area contributed by atoms with Crippen LogP contribution in [0.4, 0.5) is 4.39 Å². The highest BCUT2D eigenvalue weighted by atomic mass is 19.1. The van der Waals surface area contributed by atoms with Gasteiger partial charge in [-0.05, 0) is 62.0 Å². The molecular formula is C28H39FO6. The number of carbonyl (C=O) groups excluding carboxylic acids is 3. The molecular weight excluding hydrogens is 451 g/mol. The number of aliphatic hydroxyl groups is 2. The minimum atomic E-state index is -2.02. The lowest BCUT2D eigenvalue weighted by atomic mass is 9.44. The van der Waals surface area contributed by atoms with Crippen molar-refractivity contribution >= 4 is 17.5 Å². The number of ether oxygens (including phenoxy) is 1. The van der Waals surface area contributed by atoms with Gasteiger partial charge in [0.25, 0.3) is 0 Å². The van der Waals surface area contributed by atoms with Gasteiger partial charge in [0.15, 0.2) is 18.1 Å². The predicted molar refractivity (Wildman–Crippen MR) is 128 cm³/mol. The molecule has 0 amide bonds. The summed E-state index contributed by atoms with van der Waals surface area (Å²) in [4.78, 5) is 37.6. The van der Waals surface area contributed by atoms with Gasteiger partial charge >= 0.3 is 5.97 Å². The number of hydrogen-bond acceptors (Lipinski definition) is 6. The highest BCUT2D eigenvalue weighted by Crippen LogP contribution is 2.70. The number of alkyl halides is 1. The average Bonchev–Trinajstić information content (AvgIpc) is 2.94. The second-order valence-electron chi connectivity index (χ2n) is 13.0. The first-order chi connectivity index (χ1) is 16.0. The van der Waals surface area contributed by atoms with Crippen molar-refractivity contribution < 1.29 is 33.7 Å². The first-order valence-electron chi connectivity index (χ1n) is 12.7. The van der Waals surface area contributed by atoms with Crippen LogP contribution in [0.1, 0.15) is 73.6 Å². The van der Waals surface area contributed by atoms with E-state index in [4.69, 9.17) is 4.74 Å². The Labute approximate surface area is 207 Å². The fourth-order valence-electron chi connectivity index (χ4n) is 7.88. The molecule has 0 aliphatic heterocycles. The summed E-state index contributed by atoms with van der Waals surface area (Å²) in [5.41, 5.74) is -5.68. The number of halogens is 1. The number of hydrogen-bond donors (Lipinski definition) is 2. The zero-order valence-corrected chi connectivity index (χ0v) is 21.7. The third-order valence-electron chi connectivity index (χ3n) is 9.69. The molecule has 0 heterocycles. The van der Waals surface area contributed by atoms with Crippen LogP contribution >= 0.6 is 0 Å². The van der Waals surface area contributed by atoms with E-state index in [9.17, 15) is 24.6 Å². The molecule has 3 fully saturated rings. The number of carbonyl (C=O) groups is 3. The van der Waals surface area contributed by atoms with E-state index in [1.807, 2.05) is 20.8 Å². The molecule has 6 nitrogen and oxygen atoms in total. The largest absolute Gasteiger partial charge is 0.458 e. The maximum atomic E-state index is 17.2. The van der Waals surface area contributed by atoms with Gasteiger partial charge < -0.3 is 14.9 Å². The SMILES string of the molecule is C[C@@H]1C[C@H]2[C@@H]3CCC4=CC(=O)C=C[C@]4(C)[C@@]3(F)[C@@H](O)C[C@]2(C)[C@@]1(O)C(=O)COC(=O)CC(C)(C)C. The van der Waals surface area contributed by atoms with E-state index in [1.165, 1.54) is 12.2 Å². The zero-order valence-electron chi connectivity index (χ0n) is 21.7. The van der Waals surface area contributed by atoms with Crippen LogP contribution in [0.3, 0.4) is 0 Å². The molecule has 0 aromatic rings. The maximum absolute atomic E-state index is 17.2. The molecule has 4 aliphatic rings. The standard InChI is InChI=1S/C28H39FO6/c1-16-11-20-19-8-7-17-12-18(30)9-10-25(17,5)27(19,29)21(31)13-26(20,6)28(16,34)22(32)15-35-23(33)14-24(2,3)4/h9-10,12,16,19-21,31,34H,7-8,11,13-15H2,1-6H3/t16-,19+,20+,21+,25+,26+,27+,28+/m1/s1. The topological polar surface area (TPSA) is 101 Å². The van der Waals surface area contributed by atoms with Crippen molar-refractivity contribution in [2.75, 3.05) is 6.61 Å². The number of ketones is 2. The van der Waals surface area contributed by atoms with E-state index in [-0.39, 0.29) is 30.0 Å². The molecule has 35 heavy (non-hydrogen) atoms. The smallest absolute Gasteiger partial charge is 0.306 e. The van der Waals surface area contributed by atoms with E-state index in [0.717, 1.165) is 0 Å². The molecule has 4 aliphatic carbocycles. The number of Topliss-reactive ketones (excluding diaryl/α,β-unsaturated/α-hetero) is 1. The van der Waals surface area contributed by atoms with Gasteiger partial charge in [-0.2, -0.15) is 0 Å². The molecule has 0 spiro atoms. The van der Waals surface area contributed by atoms with Crippen LogP contribution in [0.15, 0.2) is 23.8 Å². The minimum absolute atomic E-state index is 0.0994. The molecule has 2 N–H and O–H groups in total. The molecule has 0 unspecified atom stereocenters. The number of allylic oxidation sites excluding steroid dienone is 4. The zero-order chi connectivity index (χ0) is 26.2. The van der Waals surface area contributed by atoms with Gasteiger partial charge in [0.05, 0.1) is 12.5 Å². The lowest BCUT2D eigenvalue weighted by Gasteiger charge is -2.62. The highest BCUT2D eigenvalue weighted by Gasteiger charge is 2.75. The summed E-state index contributed by atoms with van der Waals surface area (Å²) in [5.74, 6) is -2.72. The summed E-state index contributed by atoms with van der Waals surface area (Å²) >= 11 is 0. The van der Waals surface area contributed by atoms with Crippen molar-refractivity contribution in [2.45, 2.75) is 91.0 Å². The van der Waals surface area contributed by atoms with Crippen molar-refractivity contribution in [3.05, 3.63) is 23.8 Å². The van der Waals surface area contributed by atoms with Crippen molar-refractivity contribution in [2.24, 2.45) is 34.0 Å². The van der Waals surface area contributed by atoms with Crippen LogP contribution in [0, 0.1) is 34.0 Å². The monoisotopic (exact) mass is 490 g/mol. The minimum Gasteiger partial charge on any atom is -0.458 e. The van der Waals surface area contributed by atoms with Gasteiger partial charge in [0, 0.05) is 16.7 Å². The van der Waals surface area contributed by atoms with Crippen LogP contribution in [0.5, 0.6) is 0 Å². The maximum Gasteiger partial charge on any atom is 0.306 e. The van der Waals surface area contributed by atoms with Crippen molar-refractivity contribution in [3.63, 3.8) is 0 Å². The second kappa shape index (κ2) is 8.07. The normalized spacial score (nSPS) is 44.7. The van der Waals surface area contributed by atoms with Crippen LogP contribution < -0.4 is 0 Å². The summed E-state index contributed by atoms with van der Waals surface area (Å²) in [6, 6.07) is 0. The summed E-state index contributed by atoms with van der Waals surface area (Å²) < 4.78 is 22.4. The lowest BCUT2D eigenvalue weighted by Crippen LogP contribution is -2.69. The summed E-state index contributed by atoms with van der Waals surface area (Å²) in [5, 5.41) is 23.3. The fraction of sp³-hybridized carbons (Fsp3) is 0.750. The summed E-state index contributed by atoms with van der Waals surface area (Å²) in [6.07, 6.45) is 4.43. The third kappa shape index (κ3) is 3.59. The Morgan fingerprint density at radius 3 is 2.51 bits per heavy atom.